The van der Waals surface area contributed by atoms with Crippen LogP contribution in [0.4, 0.5) is 5.69 Å². The average molecular weight is 227 g/mol. The zero-order valence-electron chi connectivity index (χ0n) is 10.3. The van der Waals surface area contributed by atoms with Gasteiger partial charge in [-0.15, -0.1) is 0 Å². The van der Waals surface area contributed by atoms with Crippen LogP contribution in [0.5, 0.6) is 0 Å². The van der Waals surface area contributed by atoms with E-state index < -0.39 is 0 Å². The van der Waals surface area contributed by atoms with Crippen LogP contribution in [0.25, 0.3) is 0 Å². The SMILES string of the molecule is CC(C)CN(CCC#N)c1ccc(C#N)cc1. The molecule has 0 heterocycles. The summed E-state index contributed by atoms with van der Waals surface area (Å²) in [7, 11) is 0. The van der Waals surface area contributed by atoms with Crippen molar-refractivity contribution in [3.63, 3.8) is 0 Å². The Labute approximate surface area is 103 Å². The molecule has 17 heavy (non-hydrogen) atoms. The topological polar surface area (TPSA) is 50.8 Å². The molecule has 0 saturated heterocycles. The van der Waals surface area contributed by atoms with Gasteiger partial charge in [0.05, 0.1) is 24.1 Å². The highest BCUT2D eigenvalue weighted by atomic mass is 15.1. The van der Waals surface area contributed by atoms with Crippen LogP contribution in [-0.4, -0.2) is 13.1 Å². The lowest BCUT2D eigenvalue weighted by molar-refractivity contribution is 0.612. The zero-order chi connectivity index (χ0) is 12.7. The second-order valence-electron chi connectivity index (χ2n) is 4.41. The first kappa shape index (κ1) is 13.1. The lowest BCUT2D eigenvalue weighted by atomic mass is 10.1. The fraction of sp³-hybridized carbons (Fsp3) is 0.429. The Balaban J connectivity index is 2.81. The van der Waals surface area contributed by atoms with Gasteiger partial charge in [-0.1, -0.05) is 13.8 Å². The summed E-state index contributed by atoms with van der Waals surface area (Å²) in [4.78, 5) is 2.19. The Morgan fingerprint density at radius 1 is 1.18 bits per heavy atom. The van der Waals surface area contributed by atoms with Crippen molar-refractivity contribution in [2.24, 2.45) is 5.92 Å². The van der Waals surface area contributed by atoms with Gasteiger partial charge in [-0.2, -0.15) is 10.5 Å². The first-order valence-corrected chi connectivity index (χ1v) is 5.79. The van der Waals surface area contributed by atoms with Crippen LogP contribution in [0.2, 0.25) is 0 Å². The van der Waals surface area contributed by atoms with Crippen LogP contribution in [0.15, 0.2) is 24.3 Å². The summed E-state index contributed by atoms with van der Waals surface area (Å²) in [6.07, 6.45) is 0.521. The van der Waals surface area contributed by atoms with Crippen LogP contribution in [0, 0.1) is 28.6 Å². The standard InChI is InChI=1S/C14H17N3/c1-12(2)11-17(9-3-8-15)14-6-4-13(10-16)5-7-14/h4-7,12H,3,9,11H2,1-2H3. The van der Waals surface area contributed by atoms with Crippen LogP contribution in [0.1, 0.15) is 25.8 Å². The predicted molar refractivity (Wildman–Crippen MR) is 68.4 cm³/mol. The molecule has 0 unspecified atom stereocenters. The van der Waals surface area contributed by atoms with Crippen molar-refractivity contribution in [3.8, 4) is 12.1 Å². The maximum absolute atomic E-state index is 8.75. The molecule has 0 aromatic heterocycles. The third-order valence-electron chi connectivity index (χ3n) is 2.44. The van der Waals surface area contributed by atoms with Crippen molar-refractivity contribution in [1.29, 1.82) is 10.5 Å². The molecule has 1 rings (SSSR count). The first-order valence-electron chi connectivity index (χ1n) is 5.79. The predicted octanol–water partition coefficient (Wildman–Crippen LogP) is 2.93. The molecule has 0 fully saturated rings. The Morgan fingerprint density at radius 2 is 1.82 bits per heavy atom. The van der Waals surface area contributed by atoms with Crippen LogP contribution >= 0.6 is 0 Å². The molecule has 0 atom stereocenters. The molecule has 0 radical (unpaired) electrons. The van der Waals surface area contributed by atoms with Gasteiger partial charge >= 0.3 is 0 Å². The van der Waals surface area contributed by atoms with E-state index in [9.17, 15) is 0 Å². The molecule has 1 aromatic carbocycles. The van der Waals surface area contributed by atoms with Crippen molar-refractivity contribution in [2.75, 3.05) is 18.0 Å². The number of hydrogen-bond acceptors (Lipinski definition) is 3. The van der Waals surface area contributed by atoms with E-state index in [1.165, 1.54) is 0 Å². The number of nitrogens with zero attached hydrogens (tertiary/aromatic N) is 3. The Kier molecular flexibility index (Phi) is 5.04. The monoisotopic (exact) mass is 227 g/mol. The second-order valence-corrected chi connectivity index (χ2v) is 4.41. The fourth-order valence-electron chi connectivity index (χ4n) is 1.70. The number of hydrogen-bond donors (Lipinski definition) is 0. The molecule has 1 aromatic rings. The van der Waals surface area contributed by atoms with Crippen molar-refractivity contribution < 1.29 is 0 Å². The highest BCUT2D eigenvalue weighted by molar-refractivity contribution is 5.49. The maximum atomic E-state index is 8.75. The molecule has 88 valence electrons. The van der Waals surface area contributed by atoms with Crippen molar-refractivity contribution >= 4 is 5.69 Å². The lowest BCUT2D eigenvalue weighted by Gasteiger charge is -2.25. The summed E-state index contributed by atoms with van der Waals surface area (Å²) in [5.74, 6) is 0.546. The van der Waals surface area contributed by atoms with Crippen LogP contribution < -0.4 is 4.90 Å². The van der Waals surface area contributed by atoms with Gasteiger partial charge in [0, 0.05) is 18.8 Å². The Bertz CT molecular complexity index is 420. The van der Waals surface area contributed by atoms with E-state index in [4.69, 9.17) is 10.5 Å². The molecule has 0 aliphatic heterocycles. The minimum absolute atomic E-state index is 0.521. The molecule has 0 bridgehead atoms. The van der Waals surface area contributed by atoms with E-state index in [0.29, 0.717) is 17.9 Å². The number of anilines is 1. The fourth-order valence-corrected chi connectivity index (χ4v) is 1.70. The zero-order valence-corrected chi connectivity index (χ0v) is 10.3. The van der Waals surface area contributed by atoms with Crippen LogP contribution in [0.3, 0.4) is 0 Å². The van der Waals surface area contributed by atoms with Crippen molar-refractivity contribution in [3.05, 3.63) is 29.8 Å². The molecule has 3 nitrogen and oxygen atoms in total. The normalized spacial score (nSPS) is 9.71. The summed E-state index contributed by atoms with van der Waals surface area (Å²) >= 11 is 0. The second kappa shape index (κ2) is 6.55. The molecule has 0 N–H and O–H groups in total. The molecule has 0 saturated carbocycles. The van der Waals surface area contributed by atoms with E-state index in [0.717, 1.165) is 18.8 Å². The van der Waals surface area contributed by atoms with Gasteiger partial charge in [-0.05, 0) is 30.2 Å². The van der Waals surface area contributed by atoms with E-state index >= 15 is 0 Å². The van der Waals surface area contributed by atoms with Gasteiger partial charge in [0.2, 0.25) is 0 Å². The lowest BCUT2D eigenvalue weighted by Crippen LogP contribution is -2.28. The van der Waals surface area contributed by atoms with Gasteiger partial charge in [-0.3, -0.25) is 0 Å². The highest BCUT2D eigenvalue weighted by Crippen LogP contribution is 2.17. The number of nitriles is 2. The smallest absolute Gasteiger partial charge is 0.0991 e. The van der Waals surface area contributed by atoms with Gasteiger partial charge in [0.15, 0.2) is 0 Å². The van der Waals surface area contributed by atoms with Crippen molar-refractivity contribution in [2.45, 2.75) is 20.3 Å². The van der Waals surface area contributed by atoms with E-state index in [2.05, 4.69) is 30.9 Å². The summed E-state index contributed by atoms with van der Waals surface area (Å²) in [6, 6.07) is 11.8. The molecule has 0 aliphatic carbocycles. The summed E-state index contributed by atoms with van der Waals surface area (Å²) < 4.78 is 0. The third kappa shape index (κ3) is 4.17. The van der Waals surface area contributed by atoms with Gasteiger partial charge in [0.1, 0.15) is 0 Å². The number of benzene rings is 1. The average Bonchev–Trinajstić information content (AvgIpc) is 2.34. The molecule has 0 spiro atoms. The molecule has 3 heteroatoms. The van der Waals surface area contributed by atoms with E-state index in [-0.39, 0.29) is 0 Å². The molecular weight excluding hydrogens is 210 g/mol. The molecule has 0 aliphatic rings. The summed E-state index contributed by atoms with van der Waals surface area (Å²) in [6.45, 7) is 5.97. The molecule has 0 amide bonds. The van der Waals surface area contributed by atoms with E-state index in [1.807, 2.05) is 24.3 Å². The van der Waals surface area contributed by atoms with E-state index in [1.54, 1.807) is 0 Å². The Hall–Kier alpha value is -2.00. The quantitative estimate of drug-likeness (QED) is 0.777. The minimum atomic E-state index is 0.521. The van der Waals surface area contributed by atoms with Crippen molar-refractivity contribution in [1.82, 2.24) is 0 Å². The number of rotatable bonds is 5. The summed E-state index contributed by atoms with van der Waals surface area (Å²) in [5, 5.41) is 17.4. The minimum Gasteiger partial charge on any atom is -0.370 e. The third-order valence-corrected chi connectivity index (χ3v) is 2.44. The first-order chi connectivity index (χ1) is 8.17. The maximum Gasteiger partial charge on any atom is 0.0991 e. The highest BCUT2D eigenvalue weighted by Gasteiger charge is 2.08. The summed E-state index contributed by atoms with van der Waals surface area (Å²) in [5.41, 5.74) is 1.74. The van der Waals surface area contributed by atoms with Gasteiger partial charge in [0.25, 0.3) is 0 Å². The molecular formula is C14H17N3. The van der Waals surface area contributed by atoms with Crippen LogP contribution in [-0.2, 0) is 0 Å². The van der Waals surface area contributed by atoms with Gasteiger partial charge in [-0.25, -0.2) is 0 Å². The van der Waals surface area contributed by atoms with Gasteiger partial charge < -0.3 is 4.90 Å². The largest absolute Gasteiger partial charge is 0.370 e. The Morgan fingerprint density at radius 3 is 2.29 bits per heavy atom.